The van der Waals surface area contributed by atoms with Gasteiger partial charge < -0.3 is 10.5 Å². The summed E-state index contributed by atoms with van der Waals surface area (Å²) in [4.78, 5) is 20.1. The molecular formula is C14H19FN4O5. The van der Waals surface area contributed by atoms with E-state index in [-0.39, 0.29) is 5.69 Å². The smallest absolute Gasteiger partial charge is 0.311 e. The lowest BCUT2D eigenvalue weighted by Gasteiger charge is -2.36. The quantitative estimate of drug-likeness (QED) is 0.637. The van der Waals surface area contributed by atoms with Gasteiger partial charge in [-0.1, -0.05) is 0 Å². The van der Waals surface area contributed by atoms with E-state index in [1.54, 1.807) is 27.7 Å². The zero-order valence-corrected chi connectivity index (χ0v) is 13.7. The van der Waals surface area contributed by atoms with E-state index in [4.69, 9.17) is 0 Å². The summed E-state index contributed by atoms with van der Waals surface area (Å²) in [6.45, 7) is 7.10. The third kappa shape index (κ3) is 2.89. The van der Waals surface area contributed by atoms with Crippen molar-refractivity contribution < 1.29 is 19.4 Å². The number of hydrogen-bond acceptors (Lipinski definition) is 7. The largest absolute Gasteiger partial charge is 0.375 e. The molecule has 1 aromatic rings. The second kappa shape index (κ2) is 5.64. The molecule has 0 aliphatic carbocycles. The molecule has 0 spiro atoms. The van der Waals surface area contributed by atoms with E-state index in [2.05, 4.69) is 5.32 Å². The van der Waals surface area contributed by atoms with Crippen LogP contribution in [-0.4, -0.2) is 37.2 Å². The summed E-state index contributed by atoms with van der Waals surface area (Å²) in [5.74, 6) is -1.16. The molecule has 24 heavy (non-hydrogen) atoms. The highest BCUT2D eigenvalue weighted by atomic mass is 19.1. The summed E-state index contributed by atoms with van der Waals surface area (Å²) in [6.07, 6.45) is 0.437. The Labute approximate surface area is 137 Å². The van der Waals surface area contributed by atoms with Crippen LogP contribution in [0.3, 0.4) is 0 Å². The molecule has 132 valence electrons. The highest BCUT2D eigenvalue weighted by Crippen LogP contribution is 2.42. The maximum atomic E-state index is 13.9. The third-order valence-electron chi connectivity index (χ3n) is 4.46. The fraction of sp³-hybridized carbons (Fsp3) is 0.571. The standard InChI is InChI=1S/C14H19FN4O5/c1-13(2)7-12(14(3,4)19(13)24)16-9-5-8(15)10(17(20)21)6-11(9)18(22)23/h5-6,12,16,24H,7H2,1-4H3. The monoisotopic (exact) mass is 342 g/mol. The lowest BCUT2D eigenvalue weighted by molar-refractivity contribution is -0.395. The second-order valence-electron chi connectivity index (χ2n) is 7.01. The van der Waals surface area contributed by atoms with E-state index in [1.807, 2.05) is 0 Å². The number of nitrogens with zero attached hydrogens (tertiary/aromatic N) is 3. The predicted molar refractivity (Wildman–Crippen MR) is 83.5 cm³/mol. The van der Waals surface area contributed by atoms with Gasteiger partial charge in [-0.3, -0.25) is 20.2 Å². The van der Waals surface area contributed by atoms with E-state index in [0.717, 1.165) is 11.1 Å². The van der Waals surface area contributed by atoms with Gasteiger partial charge in [-0.25, -0.2) is 0 Å². The van der Waals surface area contributed by atoms with Crippen LogP contribution in [0, 0.1) is 26.0 Å². The molecule has 1 saturated heterocycles. The van der Waals surface area contributed by atoms with Crippen molar-refractivity contribution in [2.75, 3.05) is 5.32 Å². The van der Waals surface area contributed by atoms with Crippen LogP contribution in [0.15, 0.2) is 12.1 Å². The number of nitro benzene ring substituents is 2. The first-order valence-corrected chi connectivity index (χ1v) is 7.26. The molecular weight excluding hydrogens is 323 g/mol. The average Bonchev–Trinajstić information content (AvgIpc) is 2.58. The first-order valence-electron chi connectivity index (χ1n) is 7.26. The van der Waals surface area contributed by atoms with E-state index < -0.39 is 44.2 Å². The second-order valence-corrected chi connectivity index (χ2v) is 7.01. The minimum absolute atomic E-state index is 0.160. The number of hydroxylamine groups is 2. The van der Waals surface area contributed by atoms with Crippen molar-refractivity contribution in [3.8, 4) is 0 Å². The van der Waals surface area contributed by atoms with Gasteiger partial charge >= 0.3 is 5.69 Å². The summed E-state index contributed by atoms with van der Waals surface area (Å²) in [7, 11) is 0. The minimum Gasteiger partial charge on any atom is -0.375 e. The first kappa shape index (κ1) is 18.0. The summed E-state index contributed by atoms with van der Waals surface area (Å²) in [5, 5.41) is 36.3. The Morgan fingerprint density at radius 2 is 1.75 bits per heavy atom. The Morgan fingerprint density at radius 3 is 2.17 bits per heavy atom. The molecule has 0 aromatic heterocycles. The van der Waals surface area contributed by atoms with E-state index >= 15 is 0 Å². The number of rotatable bonds is 4. The van der Waals surface area contributed by atoms with Crippen LogP contribution in [0.2, 0.25) is 0 Å². The molecule has 0 amide bonds. The van der Waals surface area contributed by atoms with Crippen molar-refractivity contribution in [2.24, 2.45) is 0 Å². The van der Waals surface area contributed by atoms with E-state index in [1.165, 1.54) is 0 Å². The van der Waals surface area contributed by atoms with Crippen LogP contribution in [0.25, 0.3) is 0 Å². The zero-order chi connectivity index (χ0) is 18.4. The van der Waals surface area contributed by atoms with Gasteiger partial charge in [-0.05, 0) is 34.1 Å². The number of nitrogens with one attached hydrogen (secondary N) is 1. The zero-order valence-electron chi connectivity index (χ0n) is 13.7. The predicted octanol–water partition coefficient (Wildman–Crippen LogP) is 3.07. The van der Waals surface area contributed by atoms with Gasteiger partial charge in [-0.2, -0.15) is 9.45 Å². The van der Waals surface area contributed by atoms with Gasteiger partial charge in [0.1, 0.15) is 5.69 Å². The Hall–Kier alpha value is -2.33. The molecule has 9 nitrogen and oxygen atoms in total. The number of anilines is 1. The van der Waals surface area contributed by atoms with Crippen LogP contribution in [0.1, 0.15) is 34.1 Å². The first-order chi connectivity index (χ1) is 10.9. The molecule has 2 rings (SSSR count). The van der Waals surface area contributed by atoms with Crippen molar-refractivity contribution in [1.82, 2.24) is 5.06 Å². The molecule has 2 N–H and O–H groups in total. The molecule has 1 fully saturated rings. The van der Waals surface area contributed by atoms with Gasteiger partial charge in [-0.15, -0.1) is 0 Å². The van der Waals surface area contributed by atoms with Crippen molar-refractivity contribution in [2.45, 2.75) is 51.2 Å². The normalized spacial score (nSPS) is 22.3. The molecule has 0 radical (unpaired) electrons. The maximum absolute atomic E-state index is 13.9. The molecule has 1 atom stereocenters. The molecule has 1 aliphatic rings. The lowest BCUT2D eigenvalue weighted by Crippen LogP contribution is -2.50. The van der Waals surface area contributed by atoms with Crippen molar-refractivity contribution in [1.29, 1.82) is 0 Å². The number of nitro groups is 2. The molecule has 1 heterocycles. The molecule has 0 saturated carbocycles. The van der Waals surface area contributed by atoms with Gasteiger partial charge in [0.15, 0.2) is 0 Å². The van der Waals surface area contributed by atoms with Crippen molar-refractivity contribution in [3.63, 3.8) is 0 Å². The average molecular weight is 342 g/mol. The van der Waals surface area contributed by atoms with Crippen LogP contribution in [-0.2, 0) is 0 Å². The van der Waals surface area contributed by atoms with Crippen LogP contribution >= 0.6 is 0 Å². The maximum Gasteiger partial charge on any atom is 0.311 e. The molecule has 1 aliphatic heterocycles. The van der Waals surface area contributed by atoms with Crippen LogP contribution in [0.4, 0.5) is 21.5 Å². The van der Waals surface area contributed by atoms with Crippen molar-refractivity contribution in [3.05, 3.63) is 38.2 Å². The minimum atomic E-state index is -1.16. The fourth-order valence-corrected chi connectivity index (χ4v) is 3.14. The lowest BCUT2D eigenvalue weighted by atomic mass is 9.94. The summed E-state index contributed by atoms with van der Waals surface area (Å²) >= 11 is 0. The summed E-state index contributed by atoms with van der Waals surface area (Å²) < 4.78 is 13.9. The summed E-state index contributed by atoms with van der Waals surface area (Å²) in [5.41, 5.74) is -3.08. The molecule has 1 aromatic carbocycles. The molecule has 0 bridgehead atoms. The topological polar surface area (TPSA) is 122 Å². The Bertz CT molecular complexity index is 707. The van der Waals surface area contributed by atoms with Gasteiger partial charge in [0, 0.05) is 17.6 Å². The Balaban J connectivity index is 2.45. The Kier molecular flexibility index (Phi) is 4.23. The molecule has 1 unspecified atom stereocenters. The SMILES string of the molecule is CC1(C)CC(Nc2cc(F)c([N+](=O)[O-])cc2[N+](=O)[O-])C(C)(C)N1O. The van der Waals surface area contributed by atoms with Crippen LogP contribution in [0.5, 0.6) is 0 Å². The van der Waals surface area contributed by atoms with Gasteiger partial charge in [0.05, 0.1) is 21.5 Å². The highest BCUT2D eigenvalue weighted by molar-refractivity contribution is 5.66. The molecule has 10 heteroatoms. The van der Waals surface area contributed by atoms with Gasteiger partial charge in [0.2, 0.25) is 5.82 Å². The fourth-order valence-electron chi connectivity index (χ4n) is 3.14. The Morgan fingerprint density at radius 1 is 1.21 bits per heavy atom. The van der Waals surface area contributed by atoms with E-state index in [0.29, 0.717) is 12.5 Å². The van der Waals surface area contributed by atoms with Gasteiger partial charge in [0.25, 0.3) is 5.69 Å². The number of benzene rings is 1. The van der Waals surface area contributed by atoms with Crippen molar-refractivity contribution >= 4 is 17.1 Å². The summed E-state index contributed by atoms with van der Waals surface area (Å²) in [6, 6.07) is 0.915. The number of hydrogen-bond donors (Lipinski definition) is 2. The van der Waals surface area contributed by atoms with Crippen LogP contribution < -0.4 is 5.32 Å². The van der Waals surface area contributed by atoms with E-state index in [9.17, 15) is 29.8 Å². The number of halogens is 1. The third-order valence-corrected chi connectivity index (χ3v) is 4.46. The highest BCUT2D eigenvalue weighted by Gasteiger charge is 2.51.